The Morgan fingerprint density at radius 3 is 1.88 bits per heavy atom. The maximum atomic E-state index is 13.5. The minimum absolute atomic E-state index is 0.0208. The summed E-state index contributed by atoms with van der Waals surface area (Å²) in [6.07, 6.45) is -0.427. The molecule has 0 heterocycles. The minimum Gasteiger partial charge on any atom is -0.481 e. The Morgan fingerprint density at radius 1 is 1.00 bits per heavy atom. The molecule has 4 atom stereocenters. The topological polar surface area (TPSA) is 89.9 Å². The van der Waals surface area contributed by atoms with Gasteiger partial charge in [0.15, 0.2) is 0 Å². The first-order valence-corrected chi connectivity index (χ1v) is 8.48. The second-order valence-electron chi connectivity index (χ2n) is 7.63. The molecule has 4 unspecified atom stereocenters. The van der Waals surface area contributed by atoms with E-state index in [4.69, 9.17) is 14.6 Å². The van der Waals surface area contributed by atoms with E-state index in [1.807, 2.05) is 6.92 Å². The van der Waals surface area contributed by atoms with Crippen LogP contribution in [0.4, 0.5) is 8.78 Å². The van der Waals surface area contributed by atoms with E-state index in [9.17, 15) is 23.2 Å². The van der Waals surface area contributed by atoms with Gasteiger partial charge in [-0.2, -0.15) is 8.78 Å². The van der Waals surface area contributed by atoms with Gasteiger partial charge < -0.3 is 14.6 Å². The summed E-state index contributed by atoms with van der Waals surface area (Å²) >= 11 is 0. The molecule has 25 heavy (non-hydrogen) atoms. The van der Waals surface area contributed by atoms with Gasteiger partial charge >= 0.3 is 23.8 Å². The smallest absolute Gasteiger partial charge is 0.377 e. The molecule has 2 aliphatic carbocycles. The Labute approximate surface area is 144 Å². The molecule has 142 valence electrons. The van der Waals surface area contributed by atoms with Crippen LogP contribution in [0.5, 0.6) is 0 Å². The summed E-state index contributed by atoms with van der Waals surface area (Å²) in [6, 6.07) is 0. The molecule has 0 radical (unpaired) electrons. The average molecular weight is 362 g/mol. The van der Waals surface area contributed by atoms with Crippen molar-refractivity contribution in [3.8, 4) is 0 Å². The number of carboxylic acid groups (broad SMARTS) is 1. The normalized spacial score (nSPS) is 28.7. The number of hydrogen-bond donors (Lipinski definition) is 1. The molecule has 0 aromatic carbocycles. The summed E-state index contributed by atoms with van der Waals surface area (Å²) in [5.74, 6) is -8.04. The van der Waals surface area contributed by atoms with Gasteiger partial charge in [-0.25, -0.2) is 4.79 Å². The summed E-state index contributed by atoms with van der Waals surface area (Å²) < 4.78 is 37.3. The predicted molar refractivity (Wildman–Crippen MR) is 81.9 cm³/mol. The SMILES string of the molecule is CCC(C)(C)C(=O)OC1CC2CC1CC2OC(=O)C(F)(F)CC(=O)O. The van der Waals surface area contributed by atoms with Crippen LogP contribution >= 0.6 is 0 Å². The van der Waals surface area contributed by atoms with Crippen molar-refractivity contribution in [3.63, 3.8) is 0 Å². The number of halogens is 2. The molecule has 1 N–H and O–H groups in total. The molecular weight excluding hydrogens is 338 g/mol. The number of ether oxygens (including phenoxy) is 2. The minimum atomic E-state index is -4.04. The van der Waals surface area contributed by atoms with Gasteiger partial charge in [0.25, 0.3) is 0 Å². The zero-order valence-electron chi connectivity index (χ0n) is 14.6. The van der Waals surface area contributed by atoms with Crippen LogP contribution in [0.3, 0.4) is 0 Å². The highest BCUT2D eigenvalue weighted by Crippen LogP contribution is 2.48. The van der Waals surface area contributed by atoms with E-state index in [1.165, 1.54) is 0 Å². The van der Waals surface area contributed by atoms with E-state index in [-0.39, 0.29) is 23.9 Å². The highest BCUT2D eigenvalue weighted by molar-refractivity contribution is 5.83. The van der Waals surface area contributed by atoms with Gasteiger partial charge in [0, 0.05) is 0 Å². The molecule has 0 amide bonds. The van der Waals surface area contributed by atoms with Crippen molar-refractivity contribution >= 4 is 17.9 Å². The number of carbonyl (C=O) groups excluding carboxylic acids is 2. The molecule has 2 bridgehead atoms. The molecule has 2 aliphatic rings. The zero-order chi connectivity index (χ0) is 19.0. The third-order valence-electron chi connectivity index (χ3n) is 5.35. The molecule has 6 nitrogen and oxygen atoms in total. The molecule has 2 saturated carbocycles. The van der Waals surface area contributed by atoms with Crippen LogP contribution in [0.1, 0.15) is 52.9 Å². The van der Waals surface area contributed by atoms with Gasteiger partial charge in [-0.15, -0.1) is 0 Å². The fourth-order valence-electron chi connectivity index (χ4n) is 3.39. The van der Waals surface area contributed by atoms with Crippen molar-refractivity contribution in [3.05, 3.63) is 0 Å². The highest BCUT2D eigenvalue weighted by atomic mass is 19.3. The Balaban J connectivity index is 1.88. The number of alkyl halides is 2. The number of carboxylic acids is 1. The Kier molecular flexibility index (Phi) is 5.39. The van der Waals surface area contributed by atoms with Gasteiger partial charge in [0.2, 0.25) is 0 Å². The maximum Gasteiger partial charge on any atom is 0.377 e. The molecule has 2 rings (SSSR count). The summed E-state index contributed by atoms with van der Waals surface area (Å²) in [4.78, 5) is 34.1. The molecule has 0 aromatic heterocycles. The molecule has 0 saturated heterocycles. The lowest BCUT2D eigenvalue weighted by Crippen LogP contribution is -2.39. The Hall–Kier alpha value is -1.73. The third-order valence-corrected chi connectivity index (χ3v) is 5.35. The lowest BCUT2D eigenvalue weighted by molar-refractivity contribution is -0.186. The number of esters is 2. The predicted octanol–water partition coefficient (Wildman–Crippen LogP) is 2.79. The first-order chi connectivity index (χ1) is 11.5. The van der Waals surface area contributed by atoms with E-state index in [1.54, 1.807) is 13.8 Å². The quantitative estimate of drug-likeness (QED) is 0.701. The number of carbonyl (C=O) groups is 3. The largest absolute Gasteiger partial charge is 0.481 e. The van der Waals surface area contributed by atoms with Crippen molar-refractivity contribution in [2.24, 2.45) is 17.3 Å². The summed E-state index contributed by atoms with van der Waals surface area (Å²) in [7, 11) is 0. The maximum absolute atomic E-state index is 13.5. The molecule has 0 aromatic rings. The molecule has 0 spiro atoms. The van der Waals surface area contributed by atoms with Crippen molar-refractivity contribution in [1.82, 2.24) is 0 Å². The van der Waals surface area contributed by atoms with E-state index >= 15 is 0 Å². The van der Waals surface area contributed by atoms with Crippen molar-refractivity contribution in [1.29, 1.82) is 0 Å². The monoisotopic (exact) mass is 362 g/mol. The van der Waals surface area contributed by atoms with Crippen molar-refractivity contribution in [2.75, 3.05) is 0 Å². The molecule has 8 heteroatoms. The Bertz CT molecular complexity index is 559. The van der Waals surface area contributed by atoms with Crippen LogP contribution < -0.4 is 0 Å². The summed E-state index contributed by atoms with van der Waals surface area (Å²) in [6.45, 7) is 5.50. The van der Waals surface area contributed by atoms with E-state index in [0.717, 1.165) is 0 Å². The van der Waals surface area contributed by atoms with E-state index in [0.29, 0.717) is 25.7 Å². The van der Waals surface area contributed by atoms with Crippen LogP contribution in [-0.2, 0) is 23.9 Å². The molecular formula is C17H24F2O6. The van der Waals surface area contributed by atoms with Crippen LogP contribution in [0.2, 0.25) is 0 Å². The van der Waals surface area contributed by atoms with E-state index in [2.05, 4.69) is 0 Å². The highest BCUT2D eigenvalue weighted by Gasteiger charge is 2.52. The second kappa shape index (κ2) is 6.88. The van der Waals surface area contributed by atoms with Crippen LogP contribution in [0.25, 0.3) is 0 Å². The number of fused-ring (bicyclic) bond motifs is 2. The van der Waals surface area contributed by atoms with Crippen LogP contribution in [-0.4, -0.2) is 41.1 Å². The number of rotatable bonds is 7. The van der Waals surface area contributed by atoms with E-state index < -0.39 is 35.8 Å². The standard InChI is InChI=1S/C17H24F2O6/c1-4-16(2,3)14(22)24-11-6-10-5-9(11)7-12(10)25-15(23)17(18,19)8-13(20)21/h9-12H,4-8H2,1-3H3,(H,20,21). The first-order valence-electron chi connectivity index (χ1n) is 8.48. The number of aliphatic carboxylic acids is 1. The number of hydrogen-bond acceptors (Lipinski definition) is 5. The van der Waals surface area contributed by atoms with Crippen molar-refractivity contribution < 1.29 is 37.7 Å². The van der Waals surface area contributed by atoms with Gasteiger partial charge in [-0.05, 0) is 51.4 Å². The molecule has 0 aliphatic heterocycles. The summed E-state index contributed by atoms with van der Waals surface area (Å²) in [5.41, 5.74) is -0.577. The second-order valence-corrected chi connectivity index (χ2v) is 7.63. The lowest BCUT2D eigenvalue weighted by Gasteiger charge is -2.31. The summed E-state index contributed by atoms with van der Waals surface area (Å²) in [5, 5.41) is 8.43. The average Bonchev–Trinajstić information content (AvgIpc) is 3.05. The fraction of sp³-hybridized carbons (Fsp3) is 0.824. The lowest BCUT2D eigenvalue weighted by atomic mass is 9.90. The Morgan fingerprint density at radius 2 is 1.48 bits per heavy atom. The van der Waals surface area contributed by atoms with Crippen LogP contribution in [0.15, 0.2) is 0 Å². The van der Waals surface area contributed by atoms with Crippen molar-refractivity contribution in [2.45, 2.75) is 71.0 Å². The third kappa shape index (κ3) is 4.27. The van der Waals surface area contributed by atoms with Gasteiger partial charge in [-0.1, -0.05) is 6.92 Å². The zero-order valence-corrected chi connectivity index (χ0v) is 14.6. The van der Waals surface area contributed by atoms with Gasteiger partial charge in [0.05, 0.1) is 5.41 Å². The first kappa shape index (κ1) is 19.6. The van der Waals surface area contributed by atoms with Gasteiger partial charge in [-0.3, -0.25) is 9.59 Å². The fourth-order valence-corrected chi connectivity index (χ4v) is 3.39. The van der Waals surface area contributed by atoms with Gasteiger partial charge in [0.1, 0.15) is 18.6 Å². The molecule has 2 fully saturated rings. The van der Waals surface area contributed by atoms with Crippen LogP contribution in [0, 0.1) is 17.3 Å².